The summed E-state index contributed by atoms with van der Waals surface area (Å²) >= 11 is 0. The van der Waals surface area contributed by atoms with E-state index >= 15 is 0 Å². The van der Waals surface area contributed by atoms with Crippen molar-refractivity contribution in [2.45, 2.75) is 0 Å². The lowest BCUT2D eigenvalue weighted by molar-refractivity contribution is 0.415. The van der Waals surface area contributed by atoms with Gasteiger partial charge in [-0.1, -0.05) is 78.9 Å². The van der Waals surface area contributed by atoms with E-state index in [4.69, 9.17) is 4.74 Å². The molecule has 0 aromatic heterocycles. The molecule has 2 aromatic rings. The second-order valence-corrected chi connectivity index (χ2v) is 4.29. The maximum Gasteiger partial charge on any atom is 0.118 e. The second-order valence-electron chi connectivity index (χ2n) is 4.29. The molecule has 0 aliphatic carbocycles. The molecule has 0 aliphatic rings. The summed E-state index contributed by atoms with van der Waals surface area (Å²) in [7, 11) is 1.67. The van der Waals surface area contributed by atoms with Crippen molar-refractivity contribution in [1.29, 1.82) is 0 Å². The van der Waals surface area contributed by atoms with Gasteiger partial charge in [0.05, 0.1) is 7.11 Å². The van der Waals surface area contributed by atoms with E-state index in [1.54, 1.807) is 7.11 Å². The third-order valence-electron chi connectivity index (χ3n) is 2.83. The van der Waals surface area contributed by atoms with Gasteiger partial charge in [0.2, 0.25) is 0 Å². The van der Waals surface area contributed by atoms with Gasteiger partial charge < -0.3 is 4.74 Å². The SMILES string of the molecule is COc1ccc(/C=C/C=C/C=C/c2ccccc2)cc1. The monoisotopic (exact) mass is 262 g/mol. The Bertz CT molecular complexity index is 589. The van der Waals surface area contributed by atoms with E-state index in [0.717, 1.165) is 11.3 Å². The minimum atomic E-state index is 0.878. The van der Waals surface area contributed by atoms with Crippen LogP contribution in [-0.4, -0.2) is 7.11 Å². The molecule has 0 bridgehead atoms. The molecular weight excluding hydrogens is 244 g/mol. The molecule has 1 nitrogen and oxygen atoms in total. The van der Waals surface area contributed by atoms with E-state index in [1.807, 2.05) is 66.8 Å². The lowest BCUT2D eigenvalue weighted by Crippen LogP contribution is -1.81. The van der Waals surface area contributed by atoms with Crippen molar-refractivity contribution < 1.29 is 4.74 Å². The summed E-state index contributed by atoms with van der Waals surface area (Å²) in [5.41, 5.74) is 2.36. The van der Waals surface area contributed by atoms with Crippen molar-refractivity contribution >= 4 is 12.2 Å². The predicted octanol–water partition coefficient (Wildman–Crippen LogP) is 4.98. The molecule has 0 fully saturated rings. The molecule has 0 atom stereocenters. The molecule has 1 heteroatoms. The number of methoxy groups -OCH3 is 1. The highest BCUT2D eigenvalue weighted by Crippen LogP contribution is 2.12. The van der Waals surface area contributed by atoms with Crippen molar-refractivity contribution in [3.63, 3.8) is 0 Å². The van der Waals surface area contributed by atoms with Crippen LogP contribution in [0.3, 0.4) is 0 Å². The summed E-state index contributed by atoms with van der Waals surface area (Å²) in [5, 5.41) is 0. The molecule has 0 amide bonds. The highest BCUT2D eigenvalue weighted by molar-refractivity contribution is 5.54. The molecular formula is C19H18O. The second kappa shape index (κ2) is 7.80. The topological polar surface area (TPSA) is 9.23 Å². The molecule has 0 saturated heterocycles. The molecule has 0 saturated carbocycles. The Morgan fingerprint density at radius 2 is 1.20 bits per heavy atom. The minimum absolute atomic E-state index is 0.878. The van der Waals surface area contributed by atoms with Crippen LogP contribution in [0.5, 0.6) is 5.75 Å². The first-order valence-electron chi connectivity index (χ1n) is 6.59. The van der Waals surface area contributed by atoms with E-state index in [-0.39, 0.29) is 0 Å². The van der Waals surface area contributed by atoms with E-state index in [2.05, 4.69) is 24.3 Å². The largest absolute Gasteiger partial charge is 0.497 e. The third kappa shape index (κ3) is 4.62. The van der Waals surface area contributed by atoms with Crippen LogP contribution in [0.25, 0.3) is 12.2 Å². The van der Waals surface area contributed by atoms with Gasteiger partial charge in [-0.15, -0.1) is 0 Å². The van der Waals surface area contributed by atoms with Crippen LogP contribution in [0.4, 0.5) is 0 Å². The van der Waals surface area contributed by atoms with Crippen LogP contribution >= 0.6 is 0 Å². The fourth-order valence-corrected chi connectivity index (χ4v) is 1.74. The van der Waals surface area contributed by atoms with Gasteiger partial charge in [-0.05, 0) is 23.3 Å². The molecule has 0 unspecified atom stereocenters. The minimum Gasteiger partial charge on any atom is -0.497 e. The third-order valence-corrected chi connectivity index (χ3v) is 2.83. The Labute approximate surface area is 120 Å². The van der Waals surface area contributed by atoms with Crippen molar-refractivity contribution in [1.82, 2.24) is 0 Å². The van der Waals surface area contributed by atoms with Crippen LogP contribution in [0.2, 0.25) is 0 Å². The highest BCUT2D eigenvalue weighted by Gasteiger charge is 1.88. The van der Waals surface area contributed by atoms with Gasteiger partial charge in [0.15, 0.2) is 0 Å². The number of allylic oxidation sites excluding steroid dienone is 4. The number of rotatable bonds is 5. The normalized spacial score (nSPS) is 11.7. The predicted molar refractivity (Wildman–Crippen MR) is 86.6 cm³/mol. The Kier molecular flexibility index (Phi) is 5.41. The smallest absolute Gasteiger partial charge is 0.118 e. The molecule has 0 radical (unpaired) electrons. The highest BCUT2D eigenvalue weighted by atomic mass is 16.5. The summed E-state index contributed by atoms with van der Waals surface area (Å²) in [5.74, 6) is 0.878. The number of hydrogen-bond acceptors (Lipinski definition) is 1. The maximum atomic E-state index is 5.12. The zero-order valence-corrected chi connectivity index (χ0v) is 11.6. The maximum absolute atomic E-state index is 5.12. The fourth-order valence-electron chi connectivity index (χ4n) is 1.74. The van der Waals surface area contributed by atoms with Crippen molar-refractivity contribution in [2.75, 3.05) is 7.11 Å². The van der Waals surface area contributed by atoms with Gasteiger partial charge in [-0.25, -0.2) is 0 Å². The van der Waals surface area contributed by atoms with Gasteiger partial charge in [-0.2, -0.15) is 0 Å². The van der Waals surface area contributed by atoms with Gasteiger partial charge in [0.25, 0.3) is 0 Å². The lowest BCUT2D eigenvalue weighted by atomic mass is 10.2. The van der Waals surface area contributed by atoms with E-state index in [9.17, 15) is 0 Å². The standard InChI is InChI=1S/C19H18O/c1-20-19-15-13-18(14-16-19)12-6-3-2-5-9-17-10-7-4-8-11-17/h2-16H,1H3/b3-2+,9-5+,12-6+. The lowest BCUT2D eigenvalue weighted by Gasteiger charge is -1.98. The van der Waals surface area contributed by atoms with Crippen molar-refractivity contribution in [3.05, 3.63) is 90.0 Å². The van der Waals surface area contributed by atoms with Gasteiger partial charge >= 0.3 is 0 Å². The molecule has 0 heterocycles. The number of ether oxygens (including phenoxy) is 1. The summed E-state index contributed by atoms with van der Waals surface area (Å²) in [6, 6.07) is 18.2. The van der Waals surface area contributed by atoms with Crippen LogP contribution in [0.1, 0.15) is 11.1 Å². The van der Waals surface area contributed by atoms with Crippen LogP contribution in [0.15, 0.2) is 78.9 Å². The van der Waals surface area contributed by atoms with Crippen molar-refractivity contribution in [3.8, 4) is 5.75 Å². The number of hydrogen-bond donors (Lipinski definition) is 0. The van der Waals surface area contributed by atoms with Gasteiger partial charge in [0, 0.05) is 0 Å². The zero-order chi connectivity index (χ0) is 14.0. The Morgan fingerprint density at radius 3 is 1.75 bits per heavy atom. The molecule has 0 N–H and O–H groups in total. The summed E-state index contributed by atoms with van der Waals surface area (Å²) < 4.78 is 5.12. The van der Waals surface area contributed by atoms with Crippen LogP contribution in [-0.2, 0) is 0 Å². The van der Waals surface area contributed by atoms with Crippen LogP contribution in [0, 0.1) is 0 Å². The summed E-state index contributed by atoms with van der Waals surface area (Å²) in [6.07, 6.45) is 12.2. The molecule has 20 heavy (non-hydrogen) atoms. The van der Waals surface area contributed by atoms with Crippen molar-refractivity contribution in [2.24, 2.45) is 0 Å². The Morgan fingerprint density at radius 1 is 0.650 bits per heavy atom. The summed E-state index contributed by atoms with van der Waals surface area (Å²) in [6.45, 7) is 0. The fraction of sp³-hybridized carbons (Fsp3) is 0.0526. The first kappa shape index (κ1) is 13.9. The Balaban J connectivity index is 1.86. The first-order valence-corrected chi connectivity index (χ1v) is 6.59. The average molecular weight is 262 g/mol. The van der Waals surface area contributed by atoms with E-state index < -0.39 is 0 Å². The van der Waals surface area contributed by atoms with Crippen LogP contribution < -0.4 is 4.74 Å². The molecule has 0 aliphatic heterocycles. The average Bonchev–Trinajstić information content (AvgIpc) is 2.52. The van der Waals surface area contributed by atoms with E-state index in [0.29, 0.717) is 0 Å². The quantitative estimate of drug-likeness (QED) is 0.691. The van der Waals surface area contributed by atoms with E-state index in [1.165, 1.54) is 5.56 Å². The molecule has 0 spiro atoms. The zero-order valence-electron chi connectivity index (χ0n) is 11.6. The van der Waals surface area contributed by atoms with Gasteiger partial charge in [0.1, 0.15) is 5.75 Å². The number of benzene rings is 2. The molecule has 2 aromatic carbocycles. The van der Waals surface area contributed by atoms with Gasteiger partial charge in [-0.3, -0.25) is 0 Å². The molecule has 100 valence electrons. The first-order chi connectivity index (χ1) is 9.88. The molecule has 2 rings (SSSR count). The Hall–Kier alpha value is -2.54. The summed E-state index contributed by atoms with van der Waals surface area (Å²) in [4.78, 5) is 0.